The van der Waals surface area contributed by atoms with E-state index in [4.69, 9.17) is 9.47 Å². The van der Waals surface area contributed by atoms with Gasteiger partial charge in [-0.15, -0.1) is 0 Å². The lowest BCUT2D eigenvalue weighted by Crippen LogP contribution is -2.15. The number of aromatic carboxylic acids is 1. The first-order valence-electron chi connectivity index (χ1n) is 5.98. The van der Waals surface area contributed by atoms with Crippen LogP contribution >= 0.6 is 0 Å². The molecule has 2 aromatic carbocycles. The van der Waals surface area contributed by atoms with Crippen molar-refractivity contribution in [2.45, 2.75) is 0 Å². The van der Waals surface area contributed by atoms with Gasteiger partial charge in [0.1, 0.15) is 13.2 Å². The Labute approximate surface area is 110 Å². The highest BCUT2D eigenvalue weighted by atomic mass is 16.6. The first-order chi connectivity index (χ1) is 9.25. The average Bonchev–Trinajstić information content (AvgIpc) is 2.46. The zero-order valence-corrected chi connectivity index (χ0v) is 10.1. The maximum atomic E-state index is 11.2. The third-order valence-electron chi connectivity index (χ3n) is 3.01. The maximum Gasteiger partial charge on any atom is 0.336 e. The lowest BCUT2D eigenvalue weighted by atomic mass is 9.99. The summed E-state index contributed by atoms with van der Waals surface area (Å²) in [6.07, 6.45) is 0. The number of hydrogen-bond donors (Lipinski definition) is 1. The van der Waals surface area contributed by atoms with Gasteiger partial charge in [-0.1, -0.05) is 24.3 Å². The van der Waals surface area contributed by atoms with Crippen LogP contribution in [-0.2, 0) is 0 Å². The number of carboxylic acid groups (broad SMARTS) is 1. The minimum Gasteiger partial charge on any atom is -0.486 e. The zero-order chi connectivity index (χ0) is 13.2. The van der Waals surface area contributed by atoms with Crippen LogP contribution in [0.4, 0.5) is 0 Å². The molecule has 0 aliphatic carbocycles. The van der Waals surface area contributed by atoms with Gasteiger partial charge < -0.3 is 14.6 Å². The molecule has 4 heteroatoms. The van der Waals surface area contributed by atoms with Gasteiger partial charge in [-0.2, -0.15) is 0 Å². The molecular formula is C15H12O4. The molecule has 0 fully saturated rings. The van der Waals surface area contributed by atoms with Gasteiger partial charge in [0.15, 0.2) is 11.5 Å². The Morgan fingerprint density at radius 3 is 2.53 bits per heavy atom. The molecule has 0 saturated carbocycles. The molecule has 3 rings (SSSR count). The molecule has 0 spiro atoms. The number of benzene rings is 2. The van der Waals surface area contributed by atoms with Crippen molar-refractivity contribution in [3.8, 4) is 22.6 Å². The molecule has 0 unspecified atom stereocenters. The Bertz CT molecular complexity index is 634. The van der Waals surface area contributed by atoms with Gasteiger partial charge in [0.25, 0.3) is 0 Å². The van der Waals surface area contributed by atoms with E-state index in [2.05, 4.69) is 0 Å². The van der Waals surface area contributed by atoms with E-state index in [1.54, 1.807) is 18.2 Å². The van der Waals surface area contributed by atoms with E-state index in [0.717, 1.165) is 5.56 Å². The fourth-order valence-corrected chi connectivity index (χ4v) is 2.13. The number of rotatable bonds is 2. The normalized spacial score (nSPS) is 13.1. The molecule has 0 aromatic heterocycles. The second kappa shape index (κ2) is 4.65. The van der Waals surface area contributed by atoms with E-state index < -0.39 is 5.97 Å². The summed E-state index contributed by atoms with van der Waals surface area (Å²) < 4.78 is 11.0. The summed E-state index contributed by atoms with van der Waals surface area (Å²) in [6, 6.07) is 12.4. The van der Waals surface area contributed by atoms with E-state index in [1.165, 1.54) is 0 Å². The topological polar surface area (TPSA) is 55.8 Å². The van der Waals surface area contributed by atoms with Crippen LogP contribution in [0.5, 0.6) is 11.5 Å². The Hall–Kier alpha value is -2.49. The fourth-order valence-electron chi connectivity index (χ4n) is 2.13. The van der Waals surface area contributed by atoms with Gasteiger partial charge in [-0.25, -0.2) is 4.79 Å². The quantitative estimate of drug-likeness (QED) is 0.897. The van der Waals surface area contributed by atoms with Crippen LogP contribution in [0.3, 0.4) is 0 Å². The number of ether oxygens (including phenoxy) is 2. The number of carboxylic acids is 1. The molecule has 0 atom stereocenters. The molecule has 0 radical (unpaired) electrons. The molecule has 0 saturated heterocycles. The van der Waals surface area contributed by atoms with Crippen molar-refractivity contribution in [3.05, 3.63) is 48.0 Å². The van der Waals surface area contributed by atoms with Crippen LogP contribution in [0, 0.1) is 0 Å². The number of hydrogen-bond acceptors (Lipinski definition) is 3. The first kappa shape index (κ1) is 11.6. The summed E-state index contributed by atoms with van der Waals surface area (Å²) in [5.74, 6) is 0.414. The highest BCUT2D eigenvalue weighted by Crippen LogP contribution is 2.35. The summed E-state index contributed by atoms with van der Waals surface area (Å²) in [7, 11) is 0. The Morgan fingerprint density at radius 2 is 1.74 bits per heavy atom. The van der Waals surface area contributed by atoms with Crippen molar-refractivity contribution in [3.63, 3.8) is 0 Å². The number of carbonyl (C=O) groups is 1. The lowest BCUT2D eigenvalue weighted by molar-refractivity contribution is 0.0697. The standard InChI is InChI=1S/C15H12O4/c16-15(17)12-4-2-1-3-11(12)10-5-6-13-14(9-10)19-8-7-18-13/h1-6,9H,7-8H2,(H,16,17). The van der Waals surface area contributed by atoms with E-state index in [1.807, 2.05) is 24.3 Å². The molecule has 0 bridgehead atoms. The van der Waals surface area contributed by atoms with Crippen molar-refractivity contribution in [1.29, 1.82) is 0 Å². The summed E-state index contributed by atoms with van der Waals surface area (Å²) >= 11 is 0. The van der Waals surface area contributed by atoms with Crippen LogP contribution in [-0.4, -0.2) is 24.3 Å². The zero-order valence-electron chi connectivity index (χ0n) is 10.1. The predicted molar refractivity (Wildman–Crippen MR) is 69.8 cm³/mol. The number of fused-ring (bicyclic) bond motifs is 1. The average molecular weight is 256 g/mol. The van der Waals surface area contributed by atoms with Gasteiger partial charge >= 0.3 is 5.97 Å². The third-order valence-corrected chi connectivity index (χ3v) is 3.01. The van der Waals surface area contributed by atoms with E-state index in [9.17, 15) is 9.90 Å². The Morgan fingerprint density at radius 1 is 1.00 bits per heavy atom. The first-order valence-corrected chi connectivity index (χ1v) is 5.98. The molecule has 0 amide bonds. The van der Waals surface area contributed by atoms with Crippen LogP contribution in [0.25, 0.3) is 11.1 Å². The molecule has 4 nitrogen and oxygen atoms in total. The minimum absolute atomic E-state index is 0.277. The van der Waals surface area contributed by atoms with Crippen molar-refractivity contribution in [1.82, 2.24) is 0 Å². The highest BCUT2D eigenvalue weighted by Gasteiger charge is 2.15. The van der Waals surface area contributed by atoms with Crippen molar-refractivity contribution in [2.75, 3.05) is 13.2 Å². The molecule has 96 valence electrons. The van der Waals surface area contributed by atoms with Crippen LogP contribution < -0.4 is 9.47 Å². The largest absolute Gasteiger partial charge is 0.486 e. The third kappa shape index (κ3) is 2.12. The van der Waals surface area contributed by atoms with E-state index in [0.29, 0.717) is 30.3 Å². The molecule has 19 heavy (non-hydrogen) atoms. The maximum absolute atomic E-state index is 11.2. The van der Waals surface area contributed by atoms with Gasteiger partial charge in [0, 0.05) is 0 Å². The molecule has 2 aromatic rings. The monoisotopic (exact) mass is 256 g/mol. The smallest absolute Gasteiger partial charge is 0.336 e. The molecule has 1 aliphatic heterocycles. The van der Waals surface area contributed by atoms with E-state index in [-0.39, 0.29) is 5.56 Å². The van der Waals surface area contributed by atoms with Crippen molar-refractivity contribution >= 4 is 5.97 Å². The van der Waals surface area contributed by atoms with Gasteiger partial charge in [-0.3, -0.25) is 0 Å². The van der Waals surface area contributed by atoms with Gasteiger partial charge in [0.2, 0.25) is 0 Å². The molecular weight excluding hydrogens is 244 g/mol. The van der Waals surface area contributed by atoms with Crippen LogP contribution in [0.1, 0.15) is 10.4 Å². The van der Waals surface area contributed by atoms with E-state index >= 15 is 0 Å². The van der Waals surface area contributed by atoms with Crippen molar-refractivity contribution < 1.29 is 19.4 Å². The summed E-state index contributed by atoms with van der Waals surface area (Å²) in [4.78, 5) is 11.2. The van der Waals surface area contributed by atoms with Crippen molar-refractivity contribution in [2.24, 2.45) is 0 Å². The minimum atomic E-state index is -0.939. The summed E-state index contributed by atoms with van der Waals surface area (Å²) in [5.41, 5.74) is 1.76. The molecule has 1 aliphatic rings. The van der Waals surface area contributed by atoms with Crippen LogP contribution in [0.2, 0.25) is 0 Å². The molecule has 1 N–H and O–H groups in total. The fraction of sp³-hybridized carbons (Fsp3) is 0.133. The highest BCUT2D eigenvalue weighted by molar-refractivity contribution is 5.96. The summed E-state index contributed by atoms with van der Waals surface area (Å²) in [5, 5.41) is 9.21. The Balaban J connectivity index is 2.10. The second-order valence-electron chi connectivity index (χ2n) is 4.21. The predicted octanol–water partition coefficient (Wildman–Crippen LogP) is 2.82. The SMILES string of the molecule is O=C(O)c1ccccc1-c1ccc2c(c1)OCCO2. The Kier molecular flexibility index (Phi) is 2.83. The molecule has 1 heterocycles. The second-order valence-corrected chi connectivity index (χ2v) is 4.21. The summed E-state index contributed by atoms with van der Waals surface area (Å²) in [6.45, 7) is 1.05. The van der Waals surface area contributed by atoms with Gasteiger partial charge in [-0.05, 0) is 29.3 Å². The lowest BCUT2D eigenvalue weighted by Gasteiger charge is -2.19. The van der Waals surface area contributed by atoms with Gasteiger partial charge in [0.05, 0.1) is 5.56 Å². The van der Waals surface area contributed by atoms with Crippen LogP contribution in [0.15, 0.2) is 42.5 Å².